The maximum absolute atomic E-state index is 13.4. The molecule has 7 heteroatoms. The van der Waals surface area contributed by atoms with Gasteiger partial charge in [0.1, 0.15) is 6.04 Å². The number of hydrogen-bond donors (Lipinski definition) is 1. The zero-order valence-corrected chi connectivity index (χ0v) is 24.6. The number of carbonyl (C=O) groups excluding carboxylic acids is 1. The third kappa shape index (κ3) is 7.41. The number of rotatable bonds is 13. The summed E-state index contributed by atoms with van der Waals surface area (Å²) in [6.45, 7) is 11.6. The number of benzene rings is 2. The van der Waals surface area contributed by atoms with Crippen molar-refractivity contribution in [3.8, 4) is 0 Å². The number of hydrogen-bond acceptors (Lipinski definition) is 5. The summed E-state index contributed by atoms with van der Waals surface area (Å²) in [4.78, 5) is 17.2. The van der Waals surface area contributed by atoms with Gasteiger partial charge in [0.05, 0.1) is 0 Å². The zero-order chi connectivity index (χ0) is 27.1. The lowest BCUT2D eigenvalue weighted by Crippen LogP contribution is -2.23. The normalized spacial score (nSPS) is 15.0. The Morgan fingerprint density at radius 2 is 1.89 bits per heavy atom. The number of amides is 1. The molecule has 3 aromatic rings. The quantitative estimate of drug-likeness (QED) is 0.201. The first-order valence-corrected chi connectivity index (χ1v) is 14.7. The molecule has 1 fully saturated rings. The van der Waals surface area contributed by atoms with Crippen LogP contribution >= 0.6 is 11.9 Å². The number of aromatic nitrogens is 1. The van der Waals surface area contributed by atoms with Crippen molar-refractivity contribution in [3.63, 3.8) is 0 Å². The molecule has 1 unspecified atom stereocenters. The van der Waals surface area contributed by atoms with Crippen molar-refractivity contribution in [2.24, 2.45) is 0 Å². The van der Waals surface area contributed by atoms with Crippen LogP contribution in [0.3, 0.4) is 0 Å². The Kier molecular flexibility index (Phi) is 10.3. The first kappa shape index (κ1) is 28.7. The number of nitrogens with zero attached hydrogens (tertiary/aromatic N) is 3. The van der Waals surface area contributed by atoms with Gasteiger partial charge in [-0.3, -0.25) is 4.79 Å². The average molecular weight is 537 g/mol. The molecule has 38 heavy (non-hydrogen) atoms. The van der Waals surface area contributed by atoms with Crippen LogP contribution in [0, 0.1) is 13.8 Å². The molecule has 1 aromatic heterocycles. The number of fused-ring (bicyclic) bond motifs is 1. The molecule has 1 aliphatic rings. The predicted octanol–water partition coefficient (Wildman–Crippen LogP) is 6.46. The van der Waals surface area contributed by atoms with Gasteiger partial charge in [0.2, 0.25) is 5.91 Å². The second-order valence-corrected chi connectivity index (χ2v) is 11.9. The molecule has 1 atom stereocenters. The van der Waals surface area contributed by atoms with Crippen LogP contribution in [-0.4, -0.2) is 66.6 Å². The van der Waals surface area contributed by atoms with Crippen molar-refractivity contribution >= 4 is 34.4 Å². The van der Waals surface area contributed by atoms with Gasteiger partial charge in [-0.2, -0.15) is 0 Å². The second kappa shape index (κ2) is 13.7. The van der Waals surface area contributed by atoms with Gasteiger partial charge in [-0.15, -0.1) is 0 Å². The minimum atomic E-state index is -0.320. The maximum atomic E-state index is 13.4. The van der Waals surface area contributed by atoms with Crippen LogP contribution in [0.25, 0.3) is 10.9 Å². The van der Waals surface area contributed by atoms with E-state index >= 15 is 0 Å². The number of likely N-dealkylation sites (tertiary alicyclic amines) is 1. The zero-order valence-electron chi connectivity index (χ0n) is 23.8. The van der Waals surface area contributed by atoms with E-state index in [1.807, 2.05) is 6.92 Å². The summed E-state index contributed by atoms with van der Waals surface area (Å²) >= 11 is 1.75. The third-order valence-electron chi connectivity index (χ3n) is 7.58. The number of carbonyl (C=O) groups is 1. The molecule has 1 amide bonds. The van der Waals surface area contributed by atoms with Crippen molar-refractivity contribution in [2.45, 2.75) is 63.8 Å². The monoisotopic (exact) mass is 536 g/mol. The first-order chi connectivity index (χ1) is 18.4. The smallest absolute Gasteiger partial charge is 0.247 e. The molecule has 1 saturated heterocycles. The van der Waals surface area contributed by atoms with E-state index in [0.717, 1.165) is 55.7 Å². The minimum Gasteiger partial charge on any atom is -0.385 e. The van der Waals surface area contributed by atoms with Gasteiger partial charge in [0.25, 0.3) is 0 Å². The second-order valence-electron chi connectivity index (χ2n) is 10.7. The van der Waals surface area contributed by atoms with E-state index in [1.54, 1.807) is 19.1 Å². The molecule has 6 nitrogen and oxygen atoms in total. The molecule has 4 rings (SSSR count). The van der Waals surface area contributed by atoms with Gasteiger partial charge >= 0.3 is 0 Å². The van der Waals surface area contributed by atoms with Gasteiger partial charge in [0, 0.05) is 47.9 Å². The Balaban J connectivity index is 1.41. The summed E-state index contributed by atoms with van der Waals surface area (Å²) < 4.78 is 9.51. The summed E-state index contributed by atoms with van der Waals surface area (Å²) in [7, 11) is 3.85. The largest absolute Gasteiger partial charge is 0.385 e. The molecule has 0 aliphatic carbocycles. The van der Waals surface area contributed by atoms with E-state index in [-0.39, 0.29) is 11.9 Å². The molecule has 0 saturated carbocycles. The number of ether oxygens (including phenoxy) is 1. The van der Waals surface area contributed by atoms with E-state index in [2.05, 4.69) is 82.6 Å². The highest BCUT2D eigenvalue weighted by molar-refractivity contribution is 7.97. The maximum Gasteiger partial charge on any atom is 0.247 e. The highest BCUT2D eigenvalue weighted by atomic mass is 32.2. The summed E-state index contributed by atoms with van der Waals surface area (Å²) in [5.41, 5.74) is 5.57. The van der Waals surface area contributed by atoms with E-state index in [4.69, 9.17) is 4.74 Å². The molecule has 2 heterocycles. The Hall–Kier alpha value is -2.32. The molecule has 1 N–H and O–H groups in total. The van der Waals surface area contributed by atoms with Gasteiger partial charge in [-0.25, -0.2) is 4.31 Å². The van der Waals surface area contributed by atoms with Crippen molar-refractivity contribution in [3.05, 3.63) is 59.3 Å². The van der Waals surface area contributed by atoms with E-state index < -0.39 is 0 Å². The topological polar surface area (TPSA) is 49.7 Å². The van der Waals surface area contributed by atoms with Crippen LogP contribution in [-0.2, 0) is 16.0 Å². The van der Waals surface area contributed by atoms with Crippen molar-refractivity contribution in [2.75, 3.05) is 52.3 Å². The van der Waals surface area contributed by atoms with E-state index in [0.29, 0.717) is 0 Å². The Morgan fingerprint density at radius 1 is 1.11 bits per heavy atom. The molecular weight excluding hydrogens is 492 g/mol. The molecule has 0 radical (unpaired) electrons. The van der Waals surface area contributed by atoms with E-state index in [9.17, 15) is 4.79 Å². The Bertz CT molecular complexity index is 1220. The van der Waals surface area contributed by atoms with E-state index in [1.165, 1.54) is 47.3 Å². The van der Waals surface area contributed by atoms with Gasteiger partial charge < -0.3 is 19.5 Å². The number of methoxy groups -OCH3 is 1. The molecular formula is C31H44N4O2S. The van der Waals surface area contributed by atoms with Crippen molar-refractivity contribution in [1.82, 2.24) is 13.8 Å². The standard InChI is InChI=1S/C31H44N4O2S/c1-23-11-12-26(10-8-18-34-16-6-7-17-34)20-29(23)32-31(36)25(3)35-22-24(2)28-21-27(13-14-30(28)35)38-33(4)15-9-19-37-5/h11-14,20-22,25H,6-10,15-19H2,1-5H3,(H,32,36). The fourth-order valence-corrected chi connectivity index (χ4v) is 6.15. The highest BCUT2D eigenvalue weighted by Crippen LogP contribution is 2.31. The Labute approximate surface area is 232 Å². The van der Waals surface area contributed by atoms with Crippen LogP contribution < -0.4 is 5.32 Å². The first-order valence-electron chi connectivity index (χ1n) is 14.0. The van der Waals surface area contributed by atoms with Crippen molar-refractivity contribution < 1.29 is 9.53 Å². The SMILES string of the molecule is COCCCN(C)Sc1ccc2c(c1)c(C)cn2C(C)C(=O)Nc1cc(CCCN2CCCC2)ccc1C. The summed E-state index contributed by atoms with van der Waals surface area (Å²) in [6.07, 6.45) is 7.98. The van der Waals surface area contributed by atoms with Crippen LogP contribution in [0.15, 0.2) is 47.5 Å². The number of anilines is 1. The van der Waals surface area contributed by atoms with Crippen LogP contribution in [0.5, 0.6) is 0 Å². The molecule has 2 aromatic carbocycles. The Morgan fingerprint density at radius 3 is 2.66 bits per heavy atom. The summed E-state index contributed by atoms with van der Waals surface area (Å²) in [5.74, 6) is 0.00976. The van der Waals surface area contributed by atoms with Crippen LogP contribution in [0.2, 0.25) is 0 Å². The highest BCUT2D eigenvalue weighted by Gasteiger charge is 2.19. The fourth-order valence-electron chi connectivity index (χ4n) is 5.27. The summed E-state index contributed by atoms with van der Waals surface area (Å²) in [6, 6.07) is 12.7. The lowest BCUT2D eigenvalue weighted by atomic mass is 10.1. The van der Waals surface area contributed by atoms with Gasteiger partial charge in [0.15, 0.2) is 0 Å². The van der Waals surface area contributed by atoms with Crippen LogP contribution in [0.1, 0.15) is 55.3 Å². The molecule has 0 bridgehead atoms. The third-order valence-corrected chi connectivity index (χ3v) is 8.54. The number of aryl methyl sites for hydroxylation is 3. The van der Waals surface area contributed by atoms with Crippen LogP contribution in [0.4, 0.5) is 5.69 Å². The predicted molar refractivity (Wildman–Crippen MR) is 160 cm³/mol. The van der Waals surface area contributed by atoms with Gasteiger partial charge in [-0.1, -0.05) is 12.1 Å². The lowest BCUT2D eigenvalue weighted by molar-refractivity contribution is -0.118. The fraction of sp³-hybridized carbons (Fsp3) is 0.516. The lowest BCUT2D eigenvalue weighted by Gasteiger charge is -2.18. The van der Waals surface area contributed by atoms with Gasteiger partial charge in [-0.05, 0) is 132 Å². The number of nitrogens with one attached hydrogen (secondary N) is 1. The van der Waals surface area contributed by atoms with Crippen molar-refractivity contribution in [1.29, 1.82) is 0 Å². The molecule has 206 valence electrons. The minimum absolute atomic E-state index is 0.00976. The summed E-state index contributed by atoms with van der Waals surface area (Å²) in [5, 5.41) is 4.42. The molecule has 0 spiro atoms. The average Bonchev–Trinajstić information content (AvgIpc) is 3.53. The molecule has 1 aliphatic heterocycles.